The van der Waals surface area contributed by atoms with Crippen LogP contribution in [0, 0.1) is 11.6 Å². The predicted molar refractivity (Wildman–Crippen MR) is 109 cm³/mol. The summed E-state index contributed by atoms with van der Waals surface area (Å²) in [5.74, 6) is -1.63. The molecule has 2 aromatic carbocycles. The maximum absolute atomic E-state index is 13.9. The van der Waals surface area contributed by atoms with Gasteiger partial charge in [-0.05, 0) is 42.0 Å². The third-order valence-corrected chi connectivity index (χ3v) is 4.68. The topological polar surface area (TPSA) is 59.8 Å². The van der Waals surface area contributed by atoms with Crippen LogP contribution in [0.3, 0.4) is 0 Å². The highest BCUT2D eigenvalue weighted by Crippen LogP contribution is 2.20. The zero-order valence-electron chi connectivity index (χ0n) is 15.5. The summed E-state index contributed by atoms with van der Waals surface area (Å²) in [5, 5.41) is 7.56. The van der Waals surface area contributed by atoms with Gasteiger partial charge in [-0.2, -0.15) is 5.10 Å². The summed E-state index contributed by atoms with van der Waals surface area (Å²) in [5.41, 5.74) is 2.66. The van der Waals surface area contributed by atoms with Gasteiger partial charge in [-0.15, -0.1) is 0 Å². The molecule has 4 rings (SSSR count). The van der Waals surface area contributed by atoms with E-state index in [2.05, 4.69) is 15.4 Å². The molecule has 1 N–H and O–H groups in total. The van der Waals surface area contributed by atoms with E-state index in [0.717, 1.165) is 17.7 Å². The Balaban J connectivity index is 1.45. The molecule has 2 aromatic heterocycles. The second-order valence-electron chi connectivity index (χ2n) is 6.51. The van der Waals surface area contributed by atoms with Gasteiger partial charge in [0.25, 0.3) is 5.91 Å². The lowest BCUT2D eigenvalue weighted by Gasteiger charge is -2.06. The summed E-state index contributed by atoms with van der Waals surface area (Å²) in [4.78, 5) is 16.6. The van der Waals surface area contributed by atoms with Crippen molar-refractivity contribution >= 4 is 17.5 Å². The minimum Gasteiger partial charge on any atom is -0.348 e. The second kappa shape index (κ2) is 8.42. The summed E-state index contributed by atoms with van der Waals surface area (Å²) in [7, 11) is 0. The van der Waals surface area contributed by atoms with Gasteiger partial charge in [-0.25, -0.2) is 13.5 Å². The van der Waals surface area contributed by atoms with E-state index in [1.807, 2.05) is 12.1 Å². The van der Waals surface area contributed by atoms with Crippen LogP contribution in [0.2, 0.25) is 5.02 Å². The second-order valence-corrected chi connectivity index (χ2v) is 6.95. The van der Waals surface area contributed by atoms with Crippen LogP contribution in [0.4, 0.5) is 8.78 Å². The number of aromatic nitrogens is 3. The average molecular weight is 425 g/mol. The van der Waals surface area contributed by atoms with E-state index >= 15 is 0 Å². The van der Waals surface area contributed by atoms with Crippen molar-refractivity contribution in [2.45, 2.75) is 6.54 Å². The summed E-state index contributed by atoms with van der Waals surface area (Å²) in [6, 6.07) is 13.8. The molecule has 2 heterocycles. The lowest BCUT2D eigenvalue weighted by atomic mass is 10.2. The number of halogens is 3. The van der Waals surface area contributed by atoms with Crippen LogP contribution < -0.4 is 5.32 Å². The van der Waals surface area contributed by atoms with Crippen LogP contribution in [0.5, 0.6) is 0 Å². The maximum Gasteiger partial charge on any atom is 0.253 e. The fraction of sp³-hybridized carbons (Fsp3) is 0.0455. The molecule has 150 valence electrons. The minimum atomic E-state index is -0.717. The van der Waals surface area contributed by atoms with Crippen molar-refractivity contribution in [3.05, 3.63) is 101 Å². The van der Waals surface area contributed by atoms with Crippen LogP contribution in [-0.4, -0.2) is 20.7 Å². The number of carbonyl (C=O) groups is 1. The number of hydrogen-bond donors (Lipinski definition) is 1. The molecule has 5 nitrogen and oxygen atoms in total. The Hall–Kier alpha value is -3.58. The Labute approximate surface area is 176 Å². The van der Waals surface area contributed by atoms with Crippen LogP contribution in [0.1, 0.15) is 15.9 Å². The largest absolute Gasteiger partial charge is 0.348 e. The third kappa shape index (κ3) is 4.36. The Kier molecular flexibility index (Phi) is 5.54. The molecule has 30 heavy (non-hydrogen) atoms. The standard InChI is InChI=1S/C22H15ClF2N4O/c23-17-4-1-14(2-5-17)10-27-22(30)15-3-7-20(26-11-15)16-12-28-29(13-16)21-8-6-18(24)9-19(21)25/h1-9,11-13H,10H2,(H,27,30). The maximum atomic E-state index is 13.9. The lowest BCUT2D eigenvalue weighted by Crippen LogP contribution is -2.22. The number of rotatable bonds is 5. The van der Waals surface area contributed by atoms with E-state index in [9.17, 15) is 13.6 Å². The van der Waals surface area contributed by atoms with Crippen molar-refractivity contribution in [1.82, 2.24) is 20.1 Å². The Morgan fingerprint density at radius 3 is 2.53 bits per heavy atom. The molecule has 0 aliphatic heterocycles. The fourth-order valence-electron chi connectivity index (χ4n) is 2.84. The monoisotopic (exact) mass is 424 g/mol. The van der Waals surface area contributed by atoms with E-state index in [0.29, 0.717) is 28.4 Å². The normalized spacial score (nSPS) is 10.8. The molecule has 0 radical (unpaired) electrons. The molecule has 0 saturated carbocycles. The number of nitrogens with one attached hydrogen (secondary N) is 1. The highest BCUT2D eigenvalue weighted by Gasteiger charge is 2.11. The van der Waals surface area contributed by atoms with Crippen molar-refractivity contribution in [2.75, 3.05) is 0 Å². The molecule has 0 aliphatic rings. The summed E-state index contributed by atoms with van der Waals surface area (Å²) >= 11 is 5.85. The summed E-state index contributed by atoms with van der Waals surface area (Å²) < 4.78 is 28.3. The van der Waals surface area contributed by atoms with E-state index in [1.54, 1.807) is 30.5 Å². The third-order valence-electron chi connectivity index (χ3n) is 4.43. The van der Waals surface area contributed by atoms with E-state index in [4.69, 9.17) is 11.6 Å². The molecular formula is C22H15ClF2N4O. The van der Waals surface area contributed by atoms with Crippen LogP contribution in [0.15, 0.2) is 73.2 Å². The number of nitrogens with zero attached hydrogens (tertiary/aromatic N) is 3. The van der Waals surface area contributed by atoms with Gasteiger partial charge in [-0.3, -0.25) is 9.78 Å². The van der Waals surface area contributed by atoms with Crippen molar-refractivity contribution in [1.29, 1.82) is 0 Å². The first-order valence-corrected chi connectivity index (χ1v) is 9.36. The zero-order chi connectivity index (χ0) is 21.1. The number of pyridine rings is 1. The van der Waals surface area contributed by atoms with E-state index < -0.39 is 11.6 Å². The Bertz CT molecular complexity index is 1190. The van der Waals surface area contributed by atoms with Gasteiger partial charge >= 0.3 is 0 Å². The Morgan fingerprint density at radius 2 is 1.83 bits per heavy atom. The highest BCUT2D eigenvalue weighted by molar-refractivity contribution is 6.30. The van der Waals surface area contributed by atoms with Gasteiger partial charge in [0.1, 0.15) is 11.5 Å². The molecule has 0 atom stereocenters. The van der Waals surface area contributed by atoms with Crippen LogP contribution in [-0.2, 0) is 6.54 Å². The van der Waals surface area contributed by atoms with Gasteiger partial charge in [0.2, 0.25) is 0 Å². The van der Waals surface area contributed by atoms with Crippen LogP contribution >= 0.6 is 11.6 Å². The fourth-order valence-corrected chi connectivity index (χ4v) is 2.97. The molecule has 1 amide bonds. The highest BCUT2D eigenvalue weighted by atomic mass is 35.5. The summed E-state index contributed by atoms with van der Waals surface area (Å²) in [6.45, 7) is 0.369. The zero-order valence-corrected chi connectivity index (χ0v) is 16.3. The first-order chi connectivity index (χ1) is 14.5. The van der Waals surface area contributed by atoms with Gasteiger partial charge in [0, 0.05) is 35.6 Å². The molecule has 0 spiro atoms. The van der Waals surface area contributed by atoms with Gasteiger partial charge in [0.15, 0.2) is 5.82 Å². The molecular weight excluding hydrogens is 410 g/mol. The van der Waals surface area contributed by atoms with E-state index in [-0.39, 0.29) is 11.6 Å². The average Bonchev–Trinajstić information content (AvgIpc) is 3.23. The lowest BCUT2D eigenvalue weighted by molar-refractivity contribution is 0.0950. The number of amides is 1. The van der Waals surface area contributed by atoms with Gasteiger partial charge < -0.3 is 5.32 Å². The number of hydrogen-bond acceptors (Lipinski definition) is 3. The van der Waals surface area contributed by atoms with Crippen molar-refractivity contribution < 1.29 is 13.6 Å². The van der Waals surface area contributed by atoms with Crippen molar-refractivity contribution in [3.8, 4) is 16.9 Å². The van der Waals surface area contributed by atoms with Gasteiger partial charge in [-0.1, -0.05) is 23.7 Å². The van der Waals surface area contributed by atoms with Crippen LogP contribution in [0.25, 0.3) is 16.9 Å². The molecule has 0 bridgehead atoms. The number of benzene rings is 2. The molecule has 8 heteroatoms. The molecule has 4 aromatic rings. The Morgan fingerprint density at radius 1 is 1.03 bits per heavy atom. The molecule has 0 unspecified atom stereocenters. The van der Waals surface area contributed by atoms with E-state index in [1.165, 1.54) is 23.1 Å². The predicted octanol–water partition coefficient (Wildman–Crippen LogP) is 4.80. The van der Waals surface area contributed by atoms with Gasteiger partial charge in [0.05, 0.1) is 17.5 Å². The molecule has 0 aliphatic carbocycles. The first kappa shape index (κ1) is 19.7. The number of carbonyl (C=O) groups excluding carboxylic acids is 1. The first-order valence-electron chi connectivity index (χ1n) is 8.99. The SMILES string of the molecule is O=C(NCc1ccc(Cl)cc1)c1ccc(-c2cnn(-c3ccc(F)cc3F)c2)nc1. The minimum absolute atomic E-state index is 0.126. The summed E-state index contributed by atoms with van der Waals surface area (Å²) in [6.07, 6.45) is 4.56. The smallest absolute Gasteiger partial charge is 0.253 e. The molecule has 0 fully saturated rings. The molecule has 0 saturated heterocycles. The quantitative estimate of drug-likeness (QED) is 0.501. The van der Waals surface area contributed by atoms with Crippen molar-refractivity contribution in [2.24, 2.45) is 0 Å². The van der Waals surface area contributed by atoms with Crippen molar-refractivity contribution in [3.63, 3.8) is 0 Å².